The zero-order valence-electron chi connectivity index (χ0n) is 13.0. The normalized spacial score (nSPS) is 13.3. The number of unbranched alkanes of at least 4 members (excludes halogenated alkanes) is 1. The van der Waals surface area contributed by atoms with E-state index in [1.807, 2.05) is 0 Å². The van der Waals surface area contributed by atoms with Crippen molar-refractivity contribution in [1.29, 1.82) is 0 Å². The Hall–Kier alpha value is -1.02. The van der Waals surface area contributed by atoms with Gasteiger partial charge in [0.15, 0.2) is 0 Å². The predicted octanol–water partition coefficient (Wildman–Crippen LogP) is 4.06. The molecule has 1 rings (SSSR count). The van der Waals surface area contributed by atoms with Crippen LogP contribution in [-0.4, -0.2) is 19.1 Å². The van der Waals surface area contributed by atoms with Crippen molar-refractivity contribution < 1.29 is 0 Å². The Balaban J connectivity index is 2.88. The number of hydrogen-bond acceptors (Lipinski definition) is 2. The van der Waals surface area contributed by atoms with E-state index >= 15 is 0 Å². The maximum atomic E-state index is 6.05. The summed E-state index contributed by atoms with van der Waals surface area (Å²) in [7, 11) is 0. The van der Waals surface area contributed by atoms with Crippen molar-refractivity contribution >= 4 is 5.69 Å². The fourth-order valence-electron chi connectivity index (χ4n) is 2.50. The predicted molar refractivity (Wildman–Crippen MR) is 85.6 cm³/mol. The third-order valence-electron chi connectivity index (χ3n) is 3.40. The lowest BCUT2D eigenvalue weighted by Gasteiger charge is -2.37. The molecule has 0 saturated heterocycles. The Morgan fingerprint density at radius 1 is 1.16 bits per heavy atom. The van der Waals surface area contributed by atoms with Crippen molar-refractivity contribution in [2.45, 2.75) is 53.0 Å². The average Bonchev–Trinajstić information content (AvgIpc) is 2.37. The second-order valence-electron chi connectivity index (χ2n) is 6.54. The van der Waals surface area contributed by atoms with Crippen LogP contribution in [0.25, 0.3) is 0 Å². The van der Waals surface area contributed by atoms with E-state index in [2.05, 4.69) is 62.9 Å². The molecule has 0 aliphatic rings. The quantitative estimate of drug-likeness (QED) is 0.803. The Morgan fingerprint density at radius 2 is 1.79 bits per heavy atom. The largest absolute Gasteiger partial charge is 0.367 e. The zero-order valence-corrected chi connectivity index (χ0v) is 13.0. The first kappa shape index (κ1) is 16.0. The molecule has 19 heavy (non-hydrogen) atoms. The third kappa shape index (κ3) is 5.65. The summed E-state index contributed by atoms with van der Waals surface area (Å²) < 4.78 is 0. The van der Waals surface area contributed by atoms with Gasteiger partial charge in [0.1, 0.15) is 0 Å². The van der Waals surface area contributed by atoms with Crippen LogP contribution in [0.4, 0.5) is 5.69 Å². The first-order valence-corrected chi connectivity index (χ1v) is 7.49. The second-order valence-corrected chi connectivity index (χ2v) is 6.54. The van der Waals surface area contributed by atoms with E-state index in [-0.39, 0.29) is 0 Å². The van der Waals surface area contributed by atoms with Crippen LogP contribution in [0.15, 0.2) is 30.3 Å². The van der Waals surface area contributed by atoms with Gasteiger partial charge in [-0.3, -0.25) is 0 Å². The molecule has 0 saturated carbocycles. The van der Waals surface area contributed by atoms with Gasteiger partial charge in [0.2, 0.25) is 0 Å². The molecule has 2 heteroatoms. The highest BCUT2D eigenvalue weighted by Crippen LogP contribution is 2.26. The molecule has 1 aromatic rings. The summed E-state index contributed by atoms with van der Waals surface area (Å²) in [5.74, 6) is 0. The van der Waals surface area contributed by atoms with E-state index in [0.717, 1.165) is 19.5 Å². The minimum absolute atomic E-state index is 0.309. The number of para-hydroxylation sites is 1. The molecule has 1 unspecified atom stereocenters. The highest BCUT2D eigenvalue weighted by molar-refractivity contribution is 5.47. The van der Waals surface area contributed by atoms with E-state index in [0.29, 0.717) is 11.5 Å². The van der Waals surface area contributed by atoms with Gasteiger partial charge >= 0.3 is 0 Å². The number of nitrogens with two attached hydrogens (primary N) is 1. The van der Waals surface area contributed by atoms with Gasteiger partial charge in [0.05, 0.1) is 0 Å². The summed E-state index contributed by atoms with van der Waals surface area (Å²) in [6, 6.07) is 11.1. The summed E-state index contributed by atoms with van der Waals surface area (Å²) in [5, 5.41) is 0. The number of benzene rings is 1. The number of anilines is 1. The van der Waals surface area contributed by atoms with Crippen molar-refractivity contribution in [1.82, 2.24) is 0 Å². The first-order valence-electron chi connectivity index (χ1n) is 7.49. The van der Waals surface area contributed by atoms with Gasteiger partial charge in [0.25, 0.3) is 0 Å². The summed E-state index contributed by atoms with van der Waals surface area (Å²) in [5.41, 5.74) is 7.66. The topological polar surface area (TPSA) is 29.3 Å². The molecule has 1 atom stereocenters. The monoisotopic (exact) mass is 262 g/mol. The summed E-state index contributed by atoms with van der Waals surface area (Å²) in [6.45, 7) is 10.9. The van der Waals surface area contributed by atoms with Crippen LogP contribution in [0, 0.1) is 5.41 Å². The molecule has 0 aromatic heterocycles. The number of nitrogens with zero attached hydrogens (tertiary/aromatic N) is 1. The lowest BCUT2D eigenvalue weighted by molar-refractivity contribution is 0.331. The van der Waals surface area contributed by atoms with Crippen LogP contribution >= 0.6 is 0 Å². The van der Waals surface area contributed by atoms with Crippen molar-refractivity contribution in [3.05, 3.63) is 30.3 Å². The lowest BCUT2D eigenvalue weighted by Crippen LogP contribution is -2.43. The molecule has 0 bridgehead atoms. The van der Waals surface area contributed by atoms with E-state index in [9.17, 15) is 0 Å². The van der Waals surface area contributed by atoms with Gasteiger partial charge in [-0.25, -0.2) is 0 Å². The minimum atomic E-state index is 0.309. The van der Waals surface area contributed by atoms with Crippen LogP contribution in [0.5, 0.6) is 0 Å². The van der Waals surface area contributed by atoms with Crippen LogP contribution in [0.1, 0.15) is 47.0 Å². The summed E-state index contributed by atoms with van der Waals surface area (Å²) in [4.78, 5) is 2.49. The Labute approximate surface area is 119 Å². The molecule has 0 aliphatic heterocycles. The fraction of sp³-hybridized carbons (Fsp3) is 0.647. The van der Waals surface area contributed by atoms with E-state index in [1.165, 1.54) is 18.5 Å². The highest BCUT2D eigenvalue weighted by atomic mass is 15.2. The summed E-state index contributed by atoms with van der Waals surface area (Å²) in [6.07, 6.45) is 3.56. The van der Waals surface area contributed by atoms with Gasteiger partial charge in [-0.1, -0.05) is 52.3 Å². The van der Waals surface area contributed by atoms with Gasteiger partial charge in [-0.05, 0) is 30.4 Å². The maximum absolute atomic E-state index is 6.05. The fourth-order valence-corrected chi connectivity index (χ4v) is 2.50. The van der Waals surface area contributed by atoms with Gasteiger partial charge < -0.3 is 10.6 Å². The second kappa shape index (κ2) is 7.54. The molecule has 1 aromatic carbocycles. The van der Waals surface area contributed by atoms with Crippen LogP contribution in [-0.2, 0) is 0 Å². The van der Waals surface area contributed by atoms with Crippen LogP contribution in [0.3, 0.4) is 0 Å². The number of hydrogen-bond donors (Lipinski definition) is 1. The maximum Gasteiger partial charge on any atom is 0.0417 e. The molecule has 108 valence electrons. The zero-order chi connectivity index (χ0) is 14.3. The molecular formula is C17H30N2. The van der Waals surface area contributed by atoms with Crippen molar-refractivity contribution in [3.8, 4) is 0 Å². The first-order chi connectivity index (χ1) is 8.98. The van der Waals surface area contributed by atoms with Crippen molar-refractivity contribution in [2.75, 3.05) is 18.0 Å². The van der Waals surface area contributed by atoms with E-state index in [1.54, 1.807) is 0 Å². The van der Waals surface area contributed by atoms with Crippen LogP contribution < -0.4 is 10.6 Å². The molecule has 0 fully saturated rings. The Bertz CT molecular complexity index is 340. The van der Waals surface area contributed by atoms with E-state index < -0.39 is 0 Å². The molecule has 0 radical (unpaired) electrons. The molecule has 0 aliphatic carbocycles. The third-order valence-corrected chi connectivity index (χ3v) is 3.40. The highest BCUT2D eigenvalue weighted by Gasteiger charge is 2.23. The van der Waals surface area contributed by atoms with Crippen molar-refractivity contribution in [3.63, 3.8) is 0 Å². The van der Waals surface area contributed by atoms with Gasteiger partial charge in [-0.2, -0.15) is 0 Å². The van der Waals surface area contributed by atoms with E-state index in [4.69, 9.17) is 5.73 Å². The molecular weight excluding hydrogens is 232 g/mol. The SMILES string of the molecule is CCCCN(c1ccccc1)C(CN)CC(C)(C)C. The van der Waals surface area contributed by atoms with Crippen LogP contribution in [0.2, 0.25) is 0 Å². The summed E-state index contributed by atoms with van der Waals surface area (Å²) >= 11 is 0. The van der Waals surface area contributed by atoms with Gasteiger partial charge in [0, 0.05) is 24.8 Å². The van der Waals surface area contributed by atoms with Crippen molar-refractivity contribution in [2.24, 2.45) is 11.1 Å². The smallest absolute Gasteiger partial charge is 0.0417 e. The molecule has 0 heterocycles. The average molecular weight is 262 g/mol. The molecule has 2 N–H and O–H groups in total. The molecule has 0 spiro atoms. The Kier molecular flexibility index (Phi) is 6.36. The standard InChI is InChI=1S/C17H30N2/c1-5-6-12-19(15-10-8-7-9-11-15)16(14-18)13-17(2,3)4/h7-11,16H,5-6,12-14,18H2,1-4H3. The number of rotatable bonds is 7. The minimum Gasteiger partial charge on any atom is -0.367 e. The molecule has 2 nitrogen and oxygen atoms in total. The Morgan fingerprint density at radius 3 is 2.26 bits per heavy atom. The van der Waals surface area contributed by atoms with Gasteiger partial charge in [-0.15, -0.1) is 0 Å². The molecule has 0 amide bonds. The lowest BCUT2D eigenvalue weighted by atomic mass is 9.87.